The number of methoxy groups -OCH3 is 1. The molecular weight excluding hydrogens is 322 g/mol. The molecule has 128 valence electrons. The lowest BCUT2D eigenvalue weighted by molar-refractivity contribution is -0.159. The van der Waals surface area contributed by atoms with Crippen LogP contribution in [0.25, 0.3) is 0 Å². The van der Waals surface area contributed by atoms with Crippen molar-refractivity contribution in [2.45, 2.75) is 19.4 Å². The van der Waals surface area contributed by atoms with Crippen molar-refractivity contribution in [2.75, 3.05) is 26.8 Å². The van der Waals surface area contributed by atoms with Crippen LogP contribution < -0.4 is 0 Å². The van der Waals surface area contributed by atoms with Crippen LogP contribution in [-0.4, -0.2) is 53.9 Å². The third-order valence-corrected chi connectivity index (χ3v) is 3.91. The minimum absolute atomic E-state index is 0.677. The van der Waals surface area contributed by atoms with Gasteiger partial charge in [-0.1, -0.05) is 29.8 Å². The van der Waals surface area contributed by atoms with Gasteiger partial charge in [-0.3, -0.25) is 4.90 Å². The van der Waals surface area contributed by atoms with Gasteiger partial charge in [0.25, 0.3) is 0 Å². The quantitative estimate of drug-likeness (QED) is 0.816. The number of carboxylic acid groups (broad SMARTS) is 2. The highest BCUT2D eigenvalue weighted by Crippen LogP contribution is 2.22. The molecule has 23 heavy (non-hydrogen) atoms. The van der Waals surface area contributed by atoms with Crippen LogP contribution in [-0.2, 0) is 20.9 Å². The topological polar surface area (TPSA) is 87.1 Å². The number of hydrogen-bond acceptors (Lipinski definition) is 4. The first kappa shape index (κ1) is 19.4. The highest BCUT2D eigenvalue weighted by molar-refractivity contribution is 6.31. The average molecular weight is 344 g/mol. The molecule has 1 saturated heterocycles. The standard InChI is InChI=1S/C14H20ClNO.C2H2O4/c1-17-11-12-5-4-8-16(9-12)10-13-6-2-3-7-14(13)15;3-1(4)2(5)6/h2-3,6-7,12H,4-5,8-11H2,1H3;(H,3,4)(H,5,6). The van der Waals surface area contributed by atoms with Crippen molar-refractivity contribution >= 4 is 23.5 Å². The van der Waals surface area contributed by atoms with Gasteiger partial charge >= 0.3 is 11.9 Å². The van der Waals surface area contributed by atoms with Crippen LogP contribution >= 0.6 is 11.6 Å². The lowest BCUT2D eigenvalue weighted by Gasteiger charge is -2.32. The fourth-order valence-electron chi connectivity index (χ4n) is 2.53. The van der Waals surface area contributed by atoms with Gasteiger partial charge in [-0.05, 0) is 36.9 Å². The maximum atomic E-state index is 9.10. The Bertz CT molecular complexity index is 509. The van der Waals surface area contributed by atoms with E-state index in [0.717, 1.165) is 24.7 Å². The summed E-state index contributed by atoms with van der Waals surface area (Å²) in [5, 5.41) is 15.7. The van der Waals surface area contributed by atoms with Crippen LogP contribution in [0.2, 0.25) is 5.02 Å². The van der Waals surface area contributed by atoms with E-state index in [1.165, 1.54) is 24.9 Å². The molecule has 1 aliphatic heterocycles. The first-order valence-corrected chi connectivity index (χ1v) is 7.72. The fraction of sp³-hybridized carbons (Fsp3) is 0.500. The maximum Gasteiger partial charge on any atom is 0.414 e. The van der Waals surface area contributed by atoms with E-state index in [1.807, 2.05) is 12.1 Å². The lowest BCUT2D eigenvalue weighted by Crippen LogP contribution is -2.36. The molecule has 1 aliphatic rings. The van der Waals surface area contributed by atoms with Gasteiger partial charge in [-0.25, -0.2) is 9.59 Å². The Morgan fingerprint density at radius 1 is 1.30 bits per heavy atom. The zero-order valence-corrected chi connectivity index (χ0v) is 13.8. The van der Waals surface area contributed by atoms with Crippen LogP contribution in [0.4, 0.5) is 0 Å². The number of carbonyl (C=O) groups is 2. The fourth-order valence-corrected chi connectivity index (χ4v) is 2.73. The van der Waals surface area contributed by atoms with E-state index < -0.39 is 11.9 Å². The van der Waals surface area contributed by atoms with Crippen molar-refractivity contribution in [1.29, 1.82) is 0 Å². The molecule has 7 heteroatoms. The van der Waals surface area contributed by atoms with Crippen LogP contribution in [0.15, 0.2) is 24.3 Å². The number of rotatable bonds is 4. The van der Waals surface area contributed by atoms with E-state index in [0.29, 0.717) is 5.92 Å². The first-order chi connectivity index (χ1) is 10.9. The van der Waals surface area contributed by atoms with Crippen molar-refractivity contribution < 1.29 is 24.5 Å². The summed E-state index contributed by atoms with van der Waals surface area (Å²) in [6.45, 7) is 4.13. The third-order valence-electron chi connectivity index (χ3n) is 3.54. The van der Waals surface area contributed by atoms with Gasteiger partial charge in [0.15, 0.2) is 0 Å². The predicted octanol–water partition coefficient (Wildman–Crippen LogP) is 2.35. The molecule has 0 radical (unpaired) electrons. The highest BCUT2D eigenvalue weighted by Gasteiger charge is 2.20. The summed E-state index contributed by atoms with van der Waals surface area (Å²) in [5.74, 6) is -2.97. The summed E-state index contributed by atoms with van der Waals surface area (Å²) in [4.78, 5) is 20.7. The Kier molecular flexibility index (Phi) is 8.61. The molecule has 2 N–H and O–H groups in total. The molecule has 0 aliphatic carbocycles. The number of nitrogens with zero attached hydrogens (tertiary/aromatic N) is 1. The number of aliphatic carboxylic acids is 2. The normalized spacial score (nSPS) is 17.9. The van der Waals surface area contributed by atoms with Crippen molar-refractivity contribution in [1.82, 2.24) is 4.90 Å². The Morgan fingerprint density at radius 2 is 1.96 bits per heavy atom. The Labute approximate surface area is 140 Å². The number of hydrogen-bond donors (Lipinski definition) is 2. The molecule has 0 aromatic heterocycles. The second-order valence-electron chi connectivity index (χ2n) is 5.40. The SMILES string of the molecule is COCC1CCCN(Cc2ccccc2Cl)C1.O=C(O)C(=O)O. The summed E-state index contributed by atoms with van der Waals surface area (Å²) in [7, 11) is 1.78. The Balaban J connectivity index is 0.000000379. The molecule has 1 fully saturated rings. The number of piperidine rings is 1. The maximum absolute atomic E-state index is 9.10. The molecule has 0 bridgehead atoms. The molecule has 0 amide bonds. The van der Waals surface area contributed by atoms with E-state index in [2.05, 4.69) is 17.0 Å². The van der Waals surface area contributed by atoms with Crippen LogP contribution in [0.3, 0.4) is 0 Å². The molecule has 0 spiro atoms. The van der Waals surface area contributed by atoms with Crippen molar-refractivity contribution in [3.63, 3.8) is 0 Å². The minimum atomic E-state index is -1.82. The number of likely N-dealkylation sites (tertiary alicyclic amines) is 1. The number of halogens is 1. The predicted molar refractivity (Wildman–Crippen MR) is 86.6 cm³/mol. The van der Waals surface area contributed by atoms with E-state index in [4.69, 9.17) is 36.1 Å². The summed E-state index contributed by atoms with van der Waals surface area (Å²) in [6, 6.07) is 8.11. The zero-order chi connectivity index (χ0) is 17.2. The number of benzene rings is 1. The highest BCUT2D eigenvalue weighted by atomic mass is 35.5. The van der Waals surface area contributed by atoms with Gasteiger partial charge in [-0.2, -0.15) is 0 Å². The van der Waals surface area contributed by atoms with E-state index in [1.54, 1.807) is 7.11 Å². The van der Waals surface area contributed by atoms with Crippen molar-refractivity contribution in [2.24, 2.45) is 5.92 Å². The second-order valence-corrected chi connectivity index (χ2v) is 5.81. The number of carboxylic acids is 2. The van der Waals surface area contributed by atoms with E-state index >= 15 is 0 Å². The summed E-state index contributed by atoms with van der Waals surface area (Å²) >= 11 is 6.19. The van der Waals surface area contributed by atoms with Gasteiger partial charge in [-0.15, -0.1) is 0 Å². The van der Waals surface area contributed by atoms with Gasteiger partial charge in [0.2, 0.25) is 0 Å². The summed E-state index contributed by atoms with van der Waals surface area (Å²) in [5.41, 5.74) is 1.23. The molecule has 1 aromatic rings. The lowest BCUT2D eigenvalue weighted by atomic mass is 9.98. The minimum Gasteiger partial charge on any atom is -0.473 e. The van der Waals surface area contributed by atoms with Crippen molar-refractivity contribution in [3.05, 3.63) is 34.9 Å². The van der Waals surface area contributed by atoms with E-state index in [-0.39, 0.29) is 0 Å². The van der Waals surface area contributed by atoms with E-state index in [9.17, 15) is 0 Å². The first-order valence-electron chi connectivity index (χ1n) is 7.35. The molecule has 1 aromatic carbocycles. The van der Waals surface area contributed by atoms with Gasteiger partial charge in [0.05, 0.1) is 6.61 Å². The molecule has 2 rings (SSSR count). The van der Waals surface area contributed by atoms with Crippen LogP contribution in [0, 0.1) is 5.92 Å². The van der Waals surface area contributed by atoms with Gasteiger partial charge in [0, 0.05) is 25.2 Å². The molecule has 1 atom stereocenters. The van der Waals surface area contributed by atoms with Crippen LogP contribution in [0.1, 0.15) is 18.4 Å². The van der Waals surface area contributed by atoms with Crippen LogP contribution in [0.5, 0.6) is 0 Å². The van der Waals surface area contributed by atoms with Crippen molar-refractivity contribution in [3.8, 4) is 0 Å². The molecular formula is C16H22ClNO5. The average Bonchev–Trinajstić information content (AvgIpc) is 2.51. The molecule has 1 heterocycles. The third kappa shape index (κ3) is 7.45. The Morgan fingerprint density at radius 3 is 2.52 bits per heavy atom. The smallest absolute Gasteiger partial charge is 0.414 e. The summed E-state index contributed by atoms with van der Waals surface area (Å²) in [6.07, 6.45) is 2.55. The number of ether oxygens (including phenoxy) is 1. The zero-order valence-electron chi connectivity index (χ0n) is 13.1. The molecule has 6 nitrogen and oxygen atoms in total. The second kappa shape index (κ2) is 10.2. The van der Waals surface area contributed by atoms with Gasteiger partial charge < -0.3 is 14.9 Å². The molecule has 1 unspecified atom stereocenters. The van der Waals surface area contributed by atoms with Gasteiger partial charge in [0.1, 0.15) is 0 Å². The molecule has 0 saturated carbocycles. The largest absolute Gasteiger partial charge is 0.473 e. The monoisotopic (exact) mass is 343 g/mol. The Hall–Kier alpha value is -1.63. The summed E-state index contributed by atoms with van der Waals surface area (Å²) < 4.78 is 5.25.